The molecule has 0 aliphatic heterocycles. The van der Waals surface area contributed by atoms with Crippen molar-refractivity contribution in [1.29, 1.82) is 0 Å². The van der Waals surface area contributed by atoms with Crippen LogP contribution in [-0.2, 0) is 28.6 Å². The van der Waals surface area contributed by atoms with Crippen molar-refractivity contribution in [3.05, 3.63) is 60.8 Å². The first kappa shape index (κ1) is 77.1. The summed E-state index contributed by atoms with van der Waals surface area (Å²) in [5.74, 6) is -0.838. The van der Waals surface area contributed by atoms with Gasteiger partial charge in [0, 0.05) is 19.3 Å². The minimum Gasteiger partial charge on any atom is -0.462 e. The van der Waals surface area contributed by atoms with Crippen molar-refractivity contribution in [1.82, 2.24) is 0 Å². The topological polar surface area (TPSA) is 78.9 Å². The van der Waals surface area contributed by atoms with Crippen LogP contribution in [0.4, 0.5) is 0 Å². The molecular formula is C74H134O6. The monoisotopic (exact) mass is 1120 g/mol. The van der Waals surface area contributed by atoms with Gasteiger partial charge in [0.25, 0.3) is 0 Å². The molecule has 6 nitrogen and oxygen atoms in total. The lowest BCUT2D eigenvalue weighted by molar-refractivity contribution is -0.167. The highest BCUT2D eigenvalue weighted by molar-refractivity contribution is 5.71. The molecule has 0 bridgehead atoms. The van der Waals surface area contributed by atoms with Crippen molar-refractivity contribution in [2.45, 2.75) is 380 Å². The van der Waals surface area contributed by atoms with Gasteiger partial charge in [0.2, 0.25) is 0 Å². The maximum Gasteiger partial charge on any atom is 0.306 e. The number of carbonyl (C=O) groups excluding carboxylic acids is 3. The van der Waals surface area contributed by atoms with E-state index in [1.54, 1.807) is 0 Å². The van der Waals surface area contributed by atoms with Crippen molar-refractivity contribution >= 4 is 17.9 Å². The molecule has 0 spiro atoms. The summed E-state index contributed by atoms with van der Waals surface area (Å²) < 4.78 is 17.0. The fourth-order valence-corrected chi connectivity index (χ4v) is 10.5. The van der Waals surface area contributed by atoms with E-state index in [0.29, 0.717) is 19.3 Å². The summed E-state index contributed by atoms with van der Waals surface area (Å²) in [5, 5.41) is 0. The summed E-state index contributed by atoms with van der Waals surface area (Å²) >= 11 is 0. The molecule has 0 N–H and O–H groups in total. The van der Waals surface area contributed by atoms with Crippen molar-refractivity contribution in [2.75, 3.05) is 13.2 Å². The molecule has 0 aromatic rings. The van der Waals surface area contributed by atoms with Gasteiger partial charge in [0.15, 0.2) is 6.10 Å². The Balaban J connectivity index is 4.06. The van der Waals surface area contributed by atoms with E-state index in [2.05, 4.69) is 81.5 Å². The predicted octanol–water partition coefficient (Wildman–Crippen LogP) is 24.3. The molecule has 0 fully saturated rings. The molecule has 466 valence electrons. The van der Waals surface area contributed by atoms with Crippen molar-refractivity contribution in [3.8, 4) is 0 Å². The average Bonchev–Trinajstić information content (AvgIpc) is 3.46. The van der Waals surface area contributed by atoms with Crippen LogP contribution >= 0.6 is 0 Å². The smallest absolute Gasteiger partial charge is 0.306 e. The van der Waals surface area contributed by atoms with Crippen LogP contribution in [0.15, 0.2) is 60.8 Å². The lowest BCUT2D eigenvalue weighted by Crippen LogP contribution is -2.30. The van der Waals surface area contributed by atoms with Crippen molar-refractivity contribution in [3.63, 3.8) is 0 Å². The first-order chi connectivity index (χ1) is 39.5. The highest BCUT2D eigenvalue weighted by Crippen LogP contribution is 2.18. The van der Waals surface area contributed by atoms with Crippen molar-refractivity contribution < 1.29 is 28.6 Å². The Labute approximate surface area is 498 Å². The van der Waals surface area contributed by atoms with E-state index in [0.717, 1.165) is 89.9 Å². The van der Waals surface area contributed by atoms with Crippen LogP contribution < -0.4 is 0 Å². The van der Waals surface area contributed by atoms with Crippen molar-refractivity contribution in [2.24, 2.45) is 0 Å². The van der Waals surface area contributed by atoms with Crippen LogP contribution in [-0.4, -0.2) is 37.2 Å². The van der Waals surface area contributed by atoms with E-state index in [-0.39, 0.29) is 31.1 Å². The Hall–Kier alpha value is -2.89. The van der Waals surface area contributed by atoms with E-state index < -0.39 is 6.10 Å². The quantitative estimate of drug-likeness (QED) is 0.0261. The zero-order chi connectivity index (χ0) is 57.8. The standard InChI is InChI=1S/C74H134O6/c1-4-7-10-13-16-19-22-25-27-28-29-30-31-32-33-34-35-36-37-38-39-40-41-42-43-44-45-46-48-49-52-55-58-61-64-67-73(76)79-70-71(69-78-72(75)66-63-60-57-54-51-24-21-18-15-12-9-6-3)80-74(77)68-65-62-59-56-53-50-47-26-23-20-17-14-11-8-5-2/h7,10,16,19,25,27,29-30,32-33,71H,4-6,8-9,11-15,17-18,20-24,26,28,31,34-70H2,1-3H3/b10-7-,19-16-,27-25-,30-29-,33-32-. The molecule has 0 saturated heterocycles. The van der Waals surface area contributed by atoms with Gasteiger partial charge in [-0.05, 0) is 64.2 Å². The number of ether oxygens (including phenoxy) is 3. The van der Waals surface area contributed by atoms with Crippen LogP contribution in [0.1, 0.15) is 374 Å². The summed E-state index contributed by atoms with van der Waals surface area (Å²) in [5.41, 5.74) is 0. The second kappa shape index (κ2) is 68.6. The fraction of sp³-hybridized carbons (Fsp3) is 0.824. The maximum absolute atomic E-state index is 12.9. The fourth-order valence-electron chi connectivity index (χ4n) is 10.5. The molecule has 0 heterocycles. The number of esters is 3. The lowest BCUT2D eigenvalue weighted by Gasteiger charge is -2.18. The molecule has 0 amide bonds. The van der Waals surface area contributed by atoms with Gasteiger partial charge in [-0.15, -0.1) is 0 Å². The molecule has 0 saturated carbocycles. The minimum absolute atomic E-state index is 0.0655. The summed E-state index contributed by atoms with van der Waals surface area (Å²) in [4.78, 5) is 38.3. The van der Waals surface area contributed by atoms with Gasteiger partial charge in [-0.2, -0.15) is 0 Å². The highest BCUT2D eigenvalue weighted by atomic mass is 16.6. The molecule has 0 aromatic heterocycles. The van der Waals surface area contributed by atoms with Gasteiger partial charge >= 0.3 is 17.9 Å². The Kier molecular flexibility index (Phi) is 66.1. The Bertz CT molecular complexity index is 1430. The van der Waals surface area contributed by atoms with Gasteiger partial charge < -0.3 is 14.2 Å². The van der Waals surface area contributed by atoms with Crippen LogP contribution in [0.3, 0.4) is 0 Å². The molecule has 1 atom stereocenters. The molecule has 0 aliphatic carbocycles. The summed E-state index contributed by atoms with van der Waals surface area (Å²) in [6.07, 6.45) is 88.3. The Morgan fingerprint density at radius 2 is 0.487 bits per heavy atom. The number of allylic oxidation sites excluding steroid dienone is 10. The Morgan fingerprint density at radius 1 is 0.263 bits per heavy atom. The third-order valence-electron chi connectivity index (χ3n) is 15.8. The average molecular weight is 1120 g/mol. The largest absolute Gasteiger partial charge is 0.462 e. The molecule has 80 heavy (non-hydrogen) atoms. The van der Waals surface area contributed by atoms with Crippen LogP contribution in [0.25, 0.3) is 0 Å². The van der Waals surface area contributed by atoms with Gasteiger partial charge in [-0.25, -0.2) is 0 Å². The van der Waals surface area contributed by atoms with Gasteiger partial charge in [-0.3, -0.25) is 14.4 Å². The molecule has 0 aromatic carbocycles. The molecule has 6 heteroatoms. The van der Waals surface area contributed by atoms with Gasteiger partial charge in [0.05, 0.1) is 0 Å². The van der Waals surface area contributed by atoms with E-state index in [1.807, 2.05) is 0 Å². The highest BCUT2D eigenvalue weighted by Gasteiger charge is 2.19. The number of hydrogen-bond donors (Lipinski definition) is 0. The SMILES string of the molecule is CC/C=C\C/C=C\C/C=C\C/C=C\C/C=C\CCCCCCCCCCCCCCCCCCCCCC(=O)OCC(COC(=O)CCCCCCCCCCCCCC)OC(=O)CCCCCCCCCCCCCCCCC. The minimum atomic E-state index is -0.767. The first-order valence-electron chi connectivity index (χ1n) is 35.3. The van der Waals surface area contributed by atoms with Gasteiger partial charge in [0.1, 0.15) is 13.2 Å². The second-order valence-corrected chi connectivity index (χ2v) is 23.8. The third-order valence-corrected chi connectivity index (χ3v) is 15.8. The van der Waals surface area contributed by atoms with E-state index >= 15 is 0 Å². The molecule has 1 unspecified atom stereocenters. The molecule has 0 radical (unpaired) electrons. The number of unbranched alkanes of at least 4 members (excludes halogenated alkanes) is 44. The predicted molar refractivity (Wildman–Crippen MR) is 348 cm³/mol. The lowest BCUT2D eigenvalue weighted by atomic mass is 10.0. The summed E-state index contributed by atoms with van der Waals surface area (Å²) in [6.45, 7) is 6.58. The molecule has 0 aliphatic rings. The van der Waals surface area contributed by atoms with Gasteiger partial charge in [-0.1, -0.05) is 351 Å². The zero-order valence-corrected chi connectivity index (χ0v) is 53.6. The maximum atomic E-state index is 12.9. The molecular weight excluding hydrogens is 985 g/mol. The molecule has 0 rings (SSSR count). The van der Waals surface area contributed by atoms with Crippen LogP contribution in [0.5, 0.6) is 0 Å². The summed E-state index contributed by atoms with van der Waals surface area (Å²) in [6, 6.07) is 0. The van der Waals surface area contributed by atoms with E-state index in [4.69, 9.17) is 14.2 Å². The number of rotatable bonds is 65. The second-order valence-electron chi connectivity index (χ2n) is 23.8. The van der Waals surface area contributed by atoms with E-state index in [9.17, 15) is 14.4 Å². The third kappa shape index (κ3) is 65.9. The zero-order valence-electron chi connectivity index (χ0n) is 53.6. The number of carbonyl (C=O) groups is 3. The normalized spacial score (nSPS) is 12.4. The number of hydrogen-bond acceptors (Lipinski definition) is 6. The summed E-state index contributed by atoms with van der Waals surface area (Å²) in [7, 11) is 0. The van der Waals surface area contributed by atoms with Crippen LogP contribution in [0, 0.1) is 0 Å². The Morgan fingerprint density at radius 3 is 0.762 bits per heavy atom. The first-order valence-corrected chi connectivity index (χ1v) is 35.3. The van der Waals surface area contributed by atoms with E-state index in [1.165, 1.54) is 244 Å². The van der Waals surface area contributed by atoms with Crippen LogP contribution in [0.2, 0.25) is 0 Å².